The standard InChI is InChI=1S/C19H19N5O2/c1-3-23(11(2)25)14-6-7-15-12(8-14)4-5-13-9-21-19-16(18(20)26)10-22-24(19)17(13)15/h6-10H,3-5H2,1-2H3,(H2,20,26). The third kappa shape index (κ3) is 2.35. The van der Waals surface area contributed by atoms with Crippen molar-refractivity contribution < 1.29 is 9.59 Å². The number of nitrogens with two attached hydrogens (primary N) is 1. The number of rotatable bonds is 3. The van der Waals surface area contributed by atoms with E-state index in [0.29, 0.717) is 17.8 Å². The van der Waals surface area contributed by atoms with E-state index in [1.54, 1.807) is 22.5 Å². The molecular weight excluding hydrogens is 330 g/mol. The lowest BCUT2D eigenvalue weighted by Crippen LogP contribution is -2.28. The number of primary amides is 1. The molecule has 1 aliphatic carbocycles. The van der Waals surface area contributed by atoms with Crippen molar-refractivity contribution in [1.29, 1.82) is 0 Å². The van der Waals surface area contributed by atoms with Crippen molar-refractivity contribution in [2.24, 2.45) is 5.73 Å². The van der Waals surface area contributed by atoms with Crippen molar-refractivity contribution in [2.75, 3.05) is 11.4 Å². The number of benzene rings is 1. The van der Waals surface area contributed by atoms with Crippen LogP contribution >= 0.6 is 0 Å². The molecule has 3 aromatic rings. The lowest BCUT2D eigenvalue weighted by atomic mass is 9.89. The third-order valence-corrected chi connectivity index (χ3v) is 4.88. The van der Waals surface area contributed by atoms with E-state index in [0.717, 1.165) is 40.9 Å². The van der Waals surface area contributed by atoms with Gasteiger partial charge in [-0.15, -0.1) is 0 Å². The van der Waals surface area contributed by atoms with Crippen molar-refractivity contribution >= 4 is 23.1 Å². The molecule has 2 aromatic heterocycles. The zero-order valence-corrected chi connectivity index (χ0v) is 14.7. The van der Waals surface area contributed by atoms with Crippen LogP contribution in [-0.4, -0.2) is 33.0 Å². The second-order valence-corrected chi connectivity index (χ2v) is 6.39. The summed E-state index contributed by atoms with van der Waals surface area (Å²) in [6.45, 7) is 4.16. The van der Waals surface area contributed by atoms with Crippen LogP contribution in [0.4, 0.5) is 5.69 Å². The first-order valence-corrected chi connectivity index (χ1v) is 8.58. The zero-order chi connectivity index (χ0) is 18.4. The van der Waals surface area contributed by atoms with Crippen LogP contribution in [0.15, 0.2) is 30.6 Å². The lowest BCUT2D eigenvalue weighted by Gasteiger charge is -2.24. The molecular formula is C19H19N5O2. The molecule has 1 aliphatic rings. The summed E-state index contributed by atoms with van der Waals surface area (Å²) in [6, 6.07) is 6.02. The molecule has 0 atom stereocenters. The van der Waals surface area contributed by atoms with Gasteiger partial charge in [0.15, 0.2) is 5.65 Å². The maximum atomic E-state index is 11.8. The SMILES string of the molecule is CCN(C(C)=O)c1ccc2c(c1)CCc1cnc3c(C(N)=O)cnn3c1-2. The molecule has 0 bridgehead atoms. The number of fused-ring (bicyclic) bond motifs is 5. The molecule has 0 spiro atoms. The quantitative estimate of drug-likeness (QED) is 0.782. The van der Waals surface area contributed by atoms with Gasteiger partial charge in [-0.05, 0) is 43.0 Å². The summed E-state index contributed by atoms with van der Waals surface area (Å²) in [6.07, 6.45) is 4.95. The Labute approximate surface area is 150 Å². The Balaban J connectivity index is 1.90. The zero-order valence-electron chi connectivity index (χ0n) is 14.7. The molecule has 26 heavy (non-hydrogen) atoms. The van der Waals surface area contributed by atoms with Crippen molar-refractivity contribution in [2.45, 2.75) is 26.7 Å². The van der Waals surface area contributed by atoms with E-state index in [-0.39, 0.29) is 5.91 Å². The van der Waals surface area contributed by atoms with Crippen molar-refractivity contribution in [1.82, 2.24) is 14.6 Å². The van der Waals surface area contributed by atoms with Crippen LogP contribution in [-0.2, 0) is 17.6 Å². The highest BCUT2D eigenvalue weighted by atomic mass is 16.2. The van der Waals surface area contributed by atoms with Crippen LogP contribution in [0.1, 0.15) is 35.3 Å². The number of nitrogens with zero attached hydrogens (tertiary/aromatic N) is 4. The number of anilines is 1. The summed E-state index contributed by atoms with van der Waals surface area (Å²) in [5, 5.41) is 4.34. The van der Waals surface area contributed by atoms with E-state index in [2.05, 4.69) is 16.1 Å². The monoisotopic (exact) mass is 349 g/mol. The van der Waals surface area contributed by atoms with Crippen LogP contribution in [0.25, 0.3) is 16.9 Å². The molecule has 1 aromatic carbocycles. The third-order valence-electron chi connectivity index (χ3n) is 4.88. The molecule has 4 rings (SSSR count). The van der Waals surface area contributed by atoms with Gasteiger partial charge in [-0.25, -0.2) is 9.50 Å². The van der Waals surface area contributed by atoms with Crippen LogP contribution < -0.4 is 10.6 Å². The van der Waals surface area contributed by atoms with Crippen molar-refractivity contribution in [3.8, 4) is 11.3 Å². The Morgan fingerprint density at radius 3 is 2.69 bits per heavy atom. The molecule has 0 unspecified atom stereocenters. The number of hydrogen-bond donors (Lipinski definition) is 1. The van der Waals surface area contributed by atoms with E-state index in [9.17, 15) is 9.59 Å². The fourth-order valence-electron chi connectivity index (χ4n) is 3.65. The first-order valence-electron chi connectivity index (χ1n) is 8.58. The maximum Gasteiger partial charge on any atom is 0.254 e. The van der Waals surface area contributed by atoms with Gasteiger partial charge < -0.3 is 10.6 Å². The van der Waals surface area contributed by atoms with Crippen LogP contribution in [0.3, 0.4) is 0 Å². The summed E-state index contributed by atoms with van der Waals surface area (Å²) in [4.78, 5) is 29.6. The molecule has 7 nitrogen and oxygen atoms in total. The van der Waals surface area contributed by atoms with Gasteiger partial charge in [0.1, 0.15) is 5.56 Å². The number of aryl methyl sites for hydroxylation is 2. The average molecular weight is 349 g/mol. The molecule has 132 valence electrons. The maximum absolute atomic E-state index is 11.8. The molecule has 0 saturated heterocycles. The largest absolute Gasteiger partial charge is 0.365 e. The molecule has 0 aliphatic heterocycles. The van der Waals surface area contributed by atoms with E-state index >= 15 is 0 Å². The van der Waals surface area contributed by atoms with Gasteiger partial charge in [-0.1, -0.05) is 6.07 Å². The second kappa shape index (κ2) is 5.94. The molecule has 2 amide bonds. The van der Waals surface area contributed by atoms with E-state index < -0.39 is 5.91 Å². The predicted molar refractivity (Wildman–Crippen MR) is 98.0 cm³/mol. The summed E-state index contributed by atoms with van der Waals surface area (Å²) in [5.74, 6) is -0.521. The summed E-state index contributed by atoms with van der Waals surface area (Å²) in [5.41, 5.74) is 11.3. The number of amides is 2. The number of carbonyl (C=O) groups is 2. The Morgan fingerprint density at radius 1 is 1.23 bits per heavy atom. The van der Waals surface area contributed by atoms with E-state index in [1.165, 1.54) is 6.20 Å². The Kier molecular flexibility index (Phi) is 3.72. The predicted octanol–water partition coefficient (Wildman–Crippen LogP) is 1.97. The molecule has 2 heterocycles. The van der Waals surface area contributed by atoms with Gasteiger partial charge in [-0.2, -0.15) is 5.10 Å². The van der Waals surface area contributed by atoms with Crippen molar-refractivity contribution in [3.63, 3.8) is 0 Å². The topological polar surface area (TPSA) is 93.6 Å². The number of hydrogen-bond acceptors (Lipinski definition) is 4. The highest BCUT2D eigenvalue weighted by Gasteiger charge is 2.23. The van der Waals surface area contributed by atoms with Gasteiger partial charge in [0.25, 0.3) is 5.91 Å². The molecule has 0 radical (unpaired) electrons. The Hall–Kier alpha value is -3.22. The normalized spacial score (nSPS) is 12.5. The van der Waals surface area contributed by atoms with E-state index in [4.69, 9.17) is 5.73 Å². The first-order chi connectivity index (χ1) is 12.5. The fourth-order valence-corrected chi connectivity index (χ4v) is 3.65. The Bertz CT molecular complexity index is 1050. The van der Waals surface area contributed by atoms with Gasteiger partial charge in [0, 0.05) is 30.9 Å². The summed E-state index contributed by atoms with van der Waals surface area (Å²) >= 11 is 0. The fraction of sp³-hybridized carbons (Fsp3) is 0.263. The Morgan fingerprint density at radius 2 is 2.00 bits per heavy atom. The van der Waals surface area contributed by atoms with Gasteiger partial charge >= 0.3 is 0 Å². The second-order valence-electron chi connectivity index (χ2n) is 6.39. The summed E-state index contributed by atoms with van der Waals surface area (Å²) < 4.78 is 1.69. The molecule has 7 heteroatoms. The minimum atomic E-state index is -0.543. The minimum Gasteiger partial charge on any atom is -0.365 e. The molecule has 0 fully saturated rings. The average Bonchev–Trinajstić information content (AvgIpc) is 3.06. The van der Waals surface area contributed by atoms with Gasteiger partial charge in [0.05, 0.1) is 11.9 Å². The summed E-state index contributed by atoms with van der Waals surface area (Å²) in [7, 11) is 0. The number of carbonyl (C=O) groups excluding carboxylic acids is 2. The van der Waals surface area contributed by atoms with E-state index in [1.807, 2.05) is 19.1 Å². The smallest absolute Gasteiger partial charge is 0.254 e. The highest BCUT2D eigenvalue weighted by molar-refractivity contribution is 5.99. The first kappa shape index (κ1) is 16.3. The molecule has 2 N–H and O–H groups in total. The molecule has 0 saturated carbocycles. The lowest BCUT2D eigenvalue weighted by molar-refractivity contribution is -0.116. The van der Waals surface area contributed by atoms with Crippen LogP contribution in [0.2, 0.25) is 0 Å². The minimum absolute atomic E-state index is 0.0217. The van der Waals surface area contributed by atoms with Gasteiger partial charge in [-0.3, -0.25) is 9.59 Å². The highest BCUT2D eigenvalue weighted by Crippen LogP contribution is 2.35. The number of aromatic nitrogens is 3. The van der Waals surface area contributed by atoms with Crippen LogP contribution in [0.5, 0.6) is 0 Å². The van der Waals surface area contributed by atoms with Gasteiger partial charge in [0.2, 0.25) is 5.91 Å². The van der Waals surface area contributed by atoms with Crippen LogP contribution in [0, 0.1) is 0 Å². The van der Waals surface area contributed by atoms with Crippen molar-refractivity contribution in [3.05, 3.63) is 47.3 Å².